The van der Waals surface area contributed by atoms with Crippen molar-refractivity contribution in [2.75, 3.05) is 32.7 Å². The number of methoxy groups -OCH3 is 1. The van der Waals surface area contributed by atoms with Crippen LogP contribution in [0.5, 0.6) is 0 Å². The summed E-state index contributed by atoms with van der Waals surface area (Å²) in [6.45, 7) is -0.0941. The summed E-state index contributed by atoms with van der Waals surface area (Å²) in [4.78, 5) is 29.9. The Balaban J connectivity index is 1.87. The molecule has 0 spiro atoms. The molecule has 3 rings (SSSR count). The molecule has 27 heavy (non-hydrogen) atoms. The molecule has 2 aromatic heterocycles. The topological polar surface area (TPSA) is 184 Å². The fourth-order valence-electron chi connectivity index (χ4n) is 2.75. The number of phosphoric ester groups is 1. The lowest BCUT2D eigenvalue weighted by atomic mass is 10.1. The molecule has 5 N–H and O–H groups in total. The van der Waals surface area contributed by atoms with E-state index in [-0.39, 0.29) is 19.0 Å². The van der Waals surface area contributed by atoms with Crippen LogP contribution in [0.1, 0.15) is 6.23 Å². The molecule has 1 unspecified atom stereocenters. The molecule has 0 radical (unpaired) electrons. The molecule has 150 valence electrons. The number of nitrogen functional groups attached to an aromatic ring is 1. The Labute approximate surface area is 153 Å². The summed E-state index contributed by atoms with van der Waals surface area (Å²) in [6, 6.07) is 0. The van der Waals surface area contributed by atoms with Gasteiger partial charge in [-0.1, -0.05) is 0 Å². The Morgan fingerprint density at radius 3 is 2.81 bits per heavy atom. The van der Waals surface area contributed by atoms with Gasteiger partial charge in [-0.2, -0.15) is 0 Å². The van der Waals surface area contributed by atoms with Gasteiger partial charge in [-0.15, -0.1) is 0 Å². The molecule has 2 aromatic rings. The average Bonchev–Trinajstić information content (AvgIpc) is 3.16. The van der Waals surface area contributed by atoms with Gasteiger partial charge in [0.05, 0.1) is 26.1 Å². The third-order valence-electron chi connectivity index (χ3n) is 3.98. The zero-order valence-corrected chi connectivity index (χ0v) is 15.2. The van der Waals surface area contributed by atoms with E-state index in [0.29, 0.717) is 11.2 Å². The maximum absolute atomic E-state index is 11.0. The van der Waals surface area contributed by atoms with E-state index in [0.717, 1.165) is 0 Å². The Morgan fingerprint density at radius 2 is 2.11 bits per heavy atom. The number of ether oxygens (including phenoxy) is 3. The predicted octanol–water partition coefficient (Wildman–Crippen LogP) is -1.19. The van der Waals surface area contributed by atoms with Gasteiger partial charge >= 0.3 is 7.82 Å². The molecule has 14 heteroatoms. The number of aliphatic hydroxyl groups is 1. The molecule has 1 aliphatic heterocycles. The first-order valence-electron chi connectivity index (χ1n) is 7.89. The third kappa shape index (κ3) is 4.42. The number of rotatable bonds is 8. The second-order valence-electron chi connectivity index (χ2n) is 5.75. The van der Waals surface area contributed by atoms with E-state index < -0.39 is 39.0 Å². The molecule has 0 bridgehead atoms. The molecule has 1 fully saturated rings. The average molecular weight is 405 g/mol. The van der Waals surface area contributed by atoms with Gasteiger partial charge in [-0.05, 0) is 0 Å². The van der Waals surface area contributed by atoms with Gasteiger partial charge < -0.3 is 34.8 Å². The number of aliphatic hydroxyl groups excluding tert-OH is 1. The number of hydrogen-bond donors (Lipinski definition) is 4. The molecule has 0 aliphatic carbocycles. The Kier molecular flexibility index (Phi) is 6.03. The zero-order chi connectivity index (χ0) is 19.6. The smallest absolute Gasteiger partial charge is 0.387 e. The molecule has 4 atom stereocenters. The summed E-state index contributed by atoms with van der Waals surface area (Å²) in [6.07, 6.45) is -1.38. The molecular weight excluding hydrogens is 385 g/mol. The van der Waals surface area contributed by atoms with Crippen molar-refractivity contribution in [3.63, 3.8) is 0 Å². The Morgan fingerprint density at radius 1 is 1.33 bits per heavy atom. The summed E-state index contributed by atoms with van der Waals surface area (Å²) in [7, 11) is -3.22. The molecule has 1 aliphatic rings. The highest BCUT2D eigenvalue weighted by molar-refractivity contribution is 7.46. The highest BCUT2D eigenvalue weighted by Gasteiger charge is 2.46. The lowest BCUT2D eigenvalue weighted by Gasteiger charge is -2.21. The van der Waals surface area contributed by atoms with Gasteiger partial charge in [0.1, 0.15) is 30.2 Å². The fraction of sp³-hybridized carbons (Fsp3) is 0.615. The number of nitrogens with zero attached hydrogens (tertiary/aromatic N) is 4. The number of fused-ring (bicyclic) bond motifs is 1. The first kappa shape index (κ1) is 20.0. The van der Waals surface area contributed by atoms with Crippen molar-refractivity contribution >= 4 is 24.8 Å². The van der Waals surface area contributed by atoms with Crippen molar-refractivity contribution in [2.24, 2.45) is 0 Å². The number of anilines is 1. The number of aromatic nitrogens is 4. The van der Waals surface area contributed by atoms with Crippen LogP contribution in [-0.2, 0) is 23.3 Å². The van der Waals surface area contributed by atoms with E-state index >= 15 is 0 Å². The monoisotopic (exact) mass is 405 g/mol. The van der Waals surface area contributed by atoms with Crippen molar-refractivity contribution in [1.82, 2.24) is 19.5 Å². The molecule has 0 aromatic carbocycles. The SMILES string of the molecule is COCCO[C@H]1C(O)[C@@H](COP(=O)(O)O)O[C@H]1n1cnc2c(N)ncnc21. The van der Waals surface area contributed by atoms with E-state index in [4.69, 9.17) is 29.7 Å². The van der Waals surface area contributed by atoms with Gasteiger partial charge in [0.25, 0.3) is 0 Å². The molecule has 3 heterocycles. The molecule has 1 saturated heterocycles. The van der Waals surface area contributed by atoms with Crippen LogP contribution in [0.4, 0.5) is 5.82 Å². The first-order chi connectivity index (χ1) is 12.8. The summed E-state index contributed by atoms with van der Waals surface area (Å²) in [5.41, 5.74) is 6.49. The summed E-state index contributed by atoms with van der Waals surface area (Å²) in [5.74, 6) is 0.176. The van der Waals surface area contributed by atoms with Crippen molar-refractivity contribution in [3.05, 3.63) is 12.7 Å². The van der Waals surface area contributed by atoms with Crippen LogP contribution in [0.2, 0.25) is 0 Å². The van der Waals surface area contributed by atoms with Gasteiger partial charge in [-0.25, -0.2) is 19.5 Å². The van der Waals surface area contributed by atoms with Crippen LogP contribution in [0.15, 0.2) is 12.7 Å². The molecule has 0 amide bonds. The van der Waals surface area contributed by atoms with Crippen LogP contribution >= 0.6 is 7.82 Å². The minimum atomic E-state index is -4.72. The summed E-state index contributed by atoms with van der Waals surface area (Å²) < 4.78 is 33.3. The van der Waals surface area contributed by atoms with Crippen LogP contribution < -0.4 is 5.73 Å². The lowest BCUT2D eigenvalue weighted by Crippen LogP contribution is -2.36. The number of phosphoric acid groups is 1. The van der Waals surface area contributed by atoms with Gasteiger partial charge in [0.2, 0.25) is 0 Å². The van der Waals surface area contributed by atoms with Crippen molar-refractivity contribution in [1.29, 1.82) is 0 Å². The van der Waals surface area contributed by atoms with E-state index in [1.165, 1.54) is 24.3 Å². The van der Waals surface area contributed by atoms with Crippen LogP contribution in [0.25, 0.3) is 11.2 Å². The van der Waals surface area contributed by atoms with E-state index in [1.54, 1.807) is 0 Å². The van der Waals surface area contributed by atoms with Crippen LogP contribution in [0, 0.1) is 0 Å². The standard InChI is InChI=1S/C13H20N5O8P/c1-23-2-3-24-10-9(19)7(4-25-27(20,21)22)26-13(10)18-6-17-8-11(14)15-5-16-12(8)18/h5-7,9-10,13,19H,2-4H2,1H3,(H2,14,15,16)(H2,20,21,22)/t7-,9?,10+,13-/m1/s1. The van der Waals surface area contributed by atoms with Gasteiger partial charge in [0, 0.05) is 7.11 Å². The summed E-state index contributed by atoms with van der Waals surface area (Å²) in [5, 5.41) is 10.5. The number of hydrogen-bond acceptors (Lipinski definition) is 10. The van der Waals surface area contributed by atoms with Gasteiger partial charge in [-0.3, -0.25) is 9.09 Å². The van der Waals surface area contributed by atoms with Crippen LogP contribution in [-0.4, -0.2) is 79.7 Å². The minimum Gasteiger partial charge on any atom is -0.387 e. The highest BCUT2D eigenvalue weighted by atomic mass is 31.2. The van der Waals surface area contributed by atoms with Crippen molar-refractivity contribution in [2.45, 2.75) is 24.5 Å². The maximum atomic E-state index is 11.0. The van der Waals surface area contributed by atoms with Gasteiger partial charge in [0.15, 0.2) is 17.7 Å². The summed E-state index contributed by atoms with van der Waals surface area (Å²) >= 11 is 0. The second-order valence-corrected chi connectivity index (χ2v) is 6.99. The molecule has 13 nitrogen and oxygen atoms in total. The fourth-order valence-corrected chi connectivity index (χ4v) is 3.10. The van der Waals surface area contributed by atoms with E-state index in [9.17, 15) is 9.67 Å². The number of imidazole rings is 1. The Hall–Kier alpha value is -1.70. The third-order valence-corrected chi connectivity index (χ3v) is 4.46. The quantitative estimate of drug-likeness (QED) is 0.304. The predicted molar refractivity (Wildman–Crippen MR) is 89.3 cm³/mol. The lowest BCUT2D eigenvalue weighted by molar-refractivity contribution is -0.0784. The first-order valence-corrected chi connectivity index (χ1v) is 9.42. The second kappa shape index (κ2) is 8.12. The van der Waals surface area contributed by atoms with Crippen LogP contribution in [0.3, 0.4) is 0 Å². The van der Waals surface area contributed by atoms with E-state index in [1.807, 2.05) is 0 Å². The maximum Gasteiger partial charge on any atom is 0.469 e. The molecular formula is C13H20N5O8P. The number of nitrogens with two attached hydrogens (primary N) is 1. The largest absolute Gasteiger partial charge is 0.469 e. The highest BCUT2D eigenvalue weighted by Crippen LogP contribution is 2.39. The van der Waals surface area contributed by atoms with Crippen molar-refractivity contribution in [3.8, 4) is 0 Å². The normalized spacial score (nSPS) is 26.1. The Bertz CT molecular complexity index is 828. The minimum absolute atomic E-state index is 0.161. The molecule has 0 saturated carbocycles. The zero-order valence-electron chi connectivity index (χ0n) is 14.3. The van der Waals surface area contributed by atoms with E-state index in [2.05, 4.69) is 19.5 Å². The van der Waals surface area contributed by atoms with Crippen molar-refractivity contribution < 1.29 is 38.2 Å².